The number of benzene rings is 5. The van der Waals surface area contributed by atoms with Crippen LogP contribution >= 0.6 is 0 Å². The number of fused-ring (bicyclic) bond motifs is 2. The van der Waals surface area contributed by atoms with Crippen LogP contribution in [0.15, 0.2) is 133 Å². The van der Waals surface area contributed by atoms with Gasteiger partial charge in [0.1, 0.15) is 0 Å². The van der Waals surface area contributed by atoms with Crippen molar-refractivity contribution in [3.63, 3.8) is 0 Å². The molecule has 1 aromatic heterocycles. The summed E-state index contributed by atoms with van der Waals surface area (Å²) in [6, 6.07) is 45.9. The Morgan fingerprint density at radius 1 is 0.421 bits per heavy atom. The minimum absolute atomic E-state index is 0.651. The molecule has 0 aliphatic carbocycles. The van der Waals surface area contributed by atoms with E-state index in [1.165, 1.54) is 22.5 Å². The molecule has 1 aliphatic heterocycles. The molecule has 4 nitrogen and oxygen atoms in total. The molecule has 0 bridgehead atoms. The molecule has 180 valence electrons. The highest BCUT2D eigenvalue weighted by atomic mass is 15.2. The van der Waals surface area contributed by atoms with Crippen LogP contribution in [-0.4, -0.2) is 15.0 Å². The second-order valence-electron chi connectivity index (χ2n) is 9.36. The Balaban J connectivity index is 1.39. The molecular weight excluding hydrogens is 464 g/mol. The van der Waals surface area contributed by atoms with E-state index < -0.39 is 0 Å². The molecule has 2 heterocycles. The molecule has 0 saturated heterocycles. The SMILES string of the molecule is c1ccc(-c2nc(-c3ccccc3)nc(-c3cccc(N4c5ccccc5Cc5ccccc54)c3)n2)cc1. The summed E-state index contributed by atoms with van der Waals surface area (Å²) in [7, 11) is 0. The van der Waals surface area contributed by atoms with Crippen molar-refractivity contribution < 1.29 is 0 Å². The second-order valence-corrected chi connectivity index (χ2v) is 9.36. The first-order valence-corrected chi connectivity index (χ1v) is 12.8. The van der Waals surface area contributed by atoms with Crippen LogP contribution in [0.1, 0.15) is 11.1 Å². The van der Waals surface area contributed by atoms with Crippen LogP contribution in [0.4, 0.5) is 17.1 Å². The first kappa shape index (κ1) is 22.1. The van der Waals surface area contributed by atoms with Crippen LogP contribution in [0.3, 0.4) is 0 Å². The average Bonchev–Trinajstić information content (AvgIpc) is 3.00. The summed E-state index contributed by atoms with van der Waals surface area (Å²) < 4.78 is 0. The number of rotatable bonds is 4. The van der Waals surface area contributed by atoms with Gasteiger partial charge in [-0.05, 0) is 35.4 Å². The molecule has 0 fully saturated rings. The summed E-state index contributed by atoms with van der Waals surface area (Å²) in [6.45, 7) is 0. The third-order valence-electron chi connectivity index (χ3n) is 6.91. The molecule has 4 heteroatoms. The molecule has 0 unspecified atom stereocenters. The van der Waals surface area contributed by atoms with Crippen LogP contribution in [0.5, 0.6) is 0 Å². The summed E-state index contributed by atoms with van der Waals surface area (Å²) in [5, 5.41) is 0. The highest BCUT2D eigenvalue weighted by Crippen LogP contribution is 2.44. The zero-order chi connectivity index (χ0) is 25.3. The standard InChI is InChI=1S/C34H24N4/c1-3-12-24(13-4-1)32-35-33(25-14-5-2-6-15-25)37-34(36-32)28-18-11-19-29(23-28)38-30-20-9-7-16-26(30)22-27-17-8-10-21-31(27)38/h1-21,23H,22H2. The molecule has 0 N–H and O–H groups in total. The Morgan fingerprint density at radius 2 is 0.868 bits per heavy atom. The van der Waals surface area contributed by atoms with E-state index >= 15 is 0 Å². The smallest absolute Gasteiger partial charge is 0.164 e. The van der Waals surface area contributed by atoms with Crippen molar-refractivity contribution in [2.75, 3.05) is 4.90 Å². The van der Waals surface area contributed by atoms with Crippen molar-refractivity contribution >= 4 is 17.1 Å². The Bertz CT molecular complexity index is 1640. The van der Waals surface area contributed by atoms with Gasteiger partial charge in [-0.15, -0.1) is 0 Å². The van der Waals surface area contributed by atoms with Crippen LogP contribution in [0, 0.1) is 0 Å². The molecule has 38 heavy (non-hydrogen) atoms. The fourth-order valence-electron chi connectivity index (χ4n) is 5.09. The predicted molar refractivity (Wildman–Crippen MR) is 154 cm³/mol. The van der Waals surface area contributed by atoms with Gasteiger partial charge in [0.05, 0.1) is 0 Å². The summed E-state index contributed by atoms with van der Waals surface area (Å²) >= 11 is 0. The van der Waals surface area contributed by atoms with Crippen molar-refractivity contribution in [1.29, 1.82) is 0 Å². The van der Waals surface area contributed by atoms with E-state index in [0.29, 0.717) is 17.5 Å². The van der Waals surface area contributed by atoms with Gasteiger partial charge in [0.25, 0.3) is 0 Å². The molecule has 0 spiro atoms. The number of para-hydroxylation sites is 2. The van der Waals surface area contributed by atoms with Crippen LogP contribution in [0.25, 0.3) is 34.2 Å². The van der Waals surface area contributed by atoms with Gasteiger partial charge in [-0.25, -0.2) is 15.0 Å². The van der Waals surface area contributed by atoms with E-state index in [1.54, 1.807) is 0 Å². The summed E-state index contributed by atoms with van der Waals surface area (Å²) in [5.74, 6) is 1.97. The highest BCUT2D eigenvalue weighted by molar-refractivity contribution is 5.85. The Labute approximate surface area is 221 Å². The van der Waals surface area contributed by atoms with Gasteiger partial charge < -0.3 is 4.90 Å². The van der Waals surface area contributed by atoms with E-state index in [2.05, 4.69) is 77.7 Å². The van der Waals surface area contributed by atoms with Gasteiger partial charge in [-0.1, -0.05) is 109 Å². The minimum atomic E-state index is 0.651. The number of aromatic nitrogens is 3. The summed E-state index contributed by atoms with van der Waals surface area (Å²) in [4.78, 5) is 17.0. The molecule has 0 saturated carbocycles. The normalized spacial score (nSPS) is 12.1. The Kier molecular flexibility index (Phi) is 5.48. The maximum absolute atomic E-state index is 4.93. The van der Waals surface area contributed by atoms with Crippen molar-refractivity contribution in [3.05, 3.63) is 145 Å². The van der Waals surface area contributed by atoms with E-state index in [0.717, 1.165) is 28.8 Å². The first-order chi connectivity index (χ1) is 18.8. The minimum Gasteiger partial charge on any atom is -0.310 e. The number of hydrogen-bond acceptors (Lipinski definition) is 4. The number of anilines is 3. The van der Waals surface area contributed by atoms with Gasteiger partial charge in [0.2, 0.25) is 0 Å². The highest BCUT2D eigenvalue weighted by Gasteiger charge is 2.24. The molecule has 6 aromatic rings. The van der Waals surface area contributed by atoms with Crippen LogP contribution in [-0.2, 0) is 6.42 Å². The van der Waals surface area contributed by atoms with Gasteiger partial charge in [-0.3, -0.25) is 0 Å². The number of nitrogens with zero attached hydrogens (tertiary/aromatic N) is 4. The van der Waals surface area contributed by atoms with Crippen molar-refractivity contribution in [1.82, 2.24) is 15.0 Å². The maximum atomic E-state index is 4.93. The molecular formula is C34H24N4. The average molecular weight is 489 g/mol. The molecule has 7 rings (SSSR count). The maximum Gasteiger partial charge on any atom is 0.164 e. The molecule has 0 radical (unpaired) electrons. The van der Waals surface area contributed by atoms with Gasteiger partial charge >= 0.3 is 0 Å². The predicted octanol–water partition coefficient (Wildman–Crippen LogP) is 8.25. The van der Waals surface area contributed by atoms with E-state index in [9.17, 15) is 0 Å². The third kappa shape index (κ3) is 4.02. The molecule has 0 atom stereocenters. The Morgan fingerprint density at radius 3 is 1.42 bits per heavy atom. The van der Waals surface area contributed by atoms with Gasteiger partial charge in [0.15, 0.2) is 17.5 Å². The van der Waals surface area contributed by atoms with Crippen molar-refractivity contribution in [2.24, 2.45) is 0 Å². The van der Waals surface area contributed by atoms with E-state index in [1.807, 2.05) is 60.7 Å². The lowest BCUT2D eigenvalue weighted by Gasteiger charge is -2.33. The molecule has 0 amide bonds. The van der Waals surface area contributed by atoms with Crippen molar-refractivity contribution in [2.45, 2.75) is 6.42 Å². The summed E-state index contributed by atoms with van der Waals surface area (Å²) in [6.07, 6.45) is 0.927. The second kappa shape index (κ2) is 9.41. The third-order valence-corrected chi connectivity index (χ3v) is 6.91. The quantitative estimate of drug-likeness (QED) is 0.250. The largest absolute Gasteiger partial charge is 0.310 e. The first-order valence-electron chi connectivity index (χ1n) is 12.8. The fraction of sp³-hybridized carbons (Fsp3) is 0.0294. The van der Waals surface area contributed by atoms with Crippen LogP contribution < -0.4 is 4.90 Å². The lowest BCUT2D eigenvalue weighted by molar-refractivity contribution is 1.07. The summed E-state index contributed by atoms with van der Waals surface area (Å²) in [5.41, 5.74) is 8.98. The zero-order valence-electron chi connectivity index (χ0n) is 20.7. The van der Waals surface area contributed by atoms with Gasteiger partial charge in [-0.2, -0.15) is 0 Å². The topological polar surface area (TPSA) is 41.9 Å². The molecule has 1 aliphatic rings. The Hall–Kier alpha value is -5.09. The van der Waals surface area contributed by atoms with E-state index in [-0.39, 0.29) is 0 Å². The van der Waals surface area contributed by atoms with Crippen molar-refractivity contribution in [3.8, 4) is 34.2 Å². The monoisotopic (exact) mass is 488 g/mol. The lowest BCUT2D eigenvalue weighted by atomic mass is 9.95. The van der Waals surface area contributed by atoms with Gasteiger partial charge in [0, 0.05) is 40.2 Å². The fourth-order valence-corrected chi connectivity index (χ4v) is 5.09. The lowest BCUT2D eigenvalue weighted by Crippen LogP contribution is -2.18. The molecule has 5 aromatic carbocycles. The number of hydrogen-bond donors (Lipinski definition) is 0. The van der Waals surface area contributed by atoms with E-state index in [4.69, 9.17) is 15.0 Å². The van der Waals surface area contributed by atoms with Crippen LogP contribution in [0.2, 0.25) is 0 Å². The zero-order valence-corrected chi connectivity index (χ0v) is 20.7.